The van der Waals surface area contributed by atoms with E-state index in [1.54, 1.807) is 17.8 Å². The molecule has 0 unspecified atom stereocenters. The number of anilines is 1. The smallest absolute Gasteiger partial charge is 0.280 e. The van der Waals surface area contributed by atoms with Gasteiger partial charge in [0.1, 0.15) is 6.33 Å². The zero-order valence-electron chi connectivity index (χ0n) is 13.1. The molecule has 0 fully saturated rings. The van der Waals surface area contributed by atoms with Crippen molar-refractivity contribution in [3.05, 3.63) is 62.1 Å². The molecule has 1 N–H and O–H groups in total. The third kappa shape index (κ3) is 3.45. The number of halogens is 2. The lowest BCUT2D eigenvalue weighted by Crippen LogP contribution is -2.27. The number of hydrogen-bond donors (Lipinski definition) is 1. The van der Waals surface area contributed by atoms with Gasteiger partial charge in [-0.25, -0.2) is 9.66 Å². The first-order valence-electron chi connectivity index (χ1n) is 7.36. The molecule has 1 heterocycles. The Morgan fingerprint density at radius 1 is 1.33 bits per heavy atom. The maximum absolute atomic E-state index is 12.8. The Labute approximate surface area is 157 Å². The highest BCUT2D eigenvalue weighted by Gasteiger charge is 2.10. The monoisotopic (exact) mass is 423 g/mol. The van der Waals surface area contributed by atoms with E-state index in [4.69, 9.17) is 11.6 Å². The second kappa shape index (κ2) is 7.17. The van der Waals surface area contributed by atoms with Crippen molar-refractivity contribution >= 4 is 55.9 Å². The van der Waals surface area contributed by atoms with Crippen LogP contribution in [0, 0.1) is 6.92 Å². The van der Waals surface area contributed by atoms with Crippen LogP contribution in [0.1, 0.15) is 12.5 Å². The summed E-state index contributed by atoms with van der Waals surface area (Å²) >= 11 is 11.2. The number of nitrogens with one attached hydrogen (secondary N) is 1. The third-order valence-corrected chi connectivity index (χ3v) is 5.15. The van der Waals surface area contributed by atoms with Gasteiger partial charge >= 0.3 is 0 Å². The van der Waals surface area contributed by atoms with Gasteiger partial charge in [0.05, 0.1) is 16.6 Å². The molecule has 24 heavy (non-hydrogen) atoms. The first kappa shape index (κ1) is 17.3. The lowest BCUT2D eigenvalue weighted by atomic mass is 10.1. The predicted molar refractivity (Wildman–Crippen MR) is 105 cm³/mol. The van der Waals surface area contributed by atoms with Gasteiger partial charge in [0.2, 0.25) is 0 Å². The van der Waals surface area contributed by atoms with Crippen molar-refractivity contribution in [1.29, 1.82) is 0 Å². The summed E-state index contributed by atoms with van der Waals surface area (Å²) in [7, 11) is 0. The zero-order chi connectivity index (χ0) is 17.3. The summed E-state index contributed by atoms with van der Waals surface area (Å²) in [5.74, 6) is 0.924. The lowest BCUT2D eigenvalue weighted by Gasteiger charge is -2.14. The normalized spacial score (nSPS) is 11.0. The SMILES string of the molecule is CCSc1ccc(Cl)cc1Nn1cnc2c(C)cc(Br)cc2c1=O. The number of nitrogens with zero attached hydrogens (tertiary/aromatic N) is 2. The van der Waals surface area contributed by atoms with E-state index in [-0.39, 0.29) is 5.56 Å². The molecule has 0 amide bonds. The van der Waals surface area contributed by atoms with E-state index in [0.717, 1.165) is 26.4 Å². The number of rotatable bonds is 4. The van der Waals surface area contributed by atoms with Gasteiger partial charge in [-0.1, -0.05) is 34.5 Å². The van der Waals surface area contributed by atoms with Crippen molar-refractivity contribution in [2.24, 2.45) is 0 Å². The molecule has 4 nitrogen and oxygen atoms in total. The van der Waals surface area contributed by atoms with Crippen molar-refractivity contribution < 1.29 is 0 Å². The van der Waals surface area contributed by atoms with Crippen LogP contribution in [0.25, 0.3) is 10.9 Å². The second-order valence-corrected chi connectivity index (χ2v) is 7.88. The van der Waals surface area contributed by atoms with Crippen LogP contribution in [0.2, 0.25) is 5.02 Å². The van der Waals surface area contributed by atoms with Gasteiger partial charge in [-0.05, 0) is 48.6 Å². The molecule has 1 aromatic heterocycles. The van der Waals surface area contributed by atoms with Crippen LogP contribution in [0.3, 0.4) is 0 Å². The van der Waals surface area contributed by atoms with E-state index in [1.807, 2.05) is 31.2 Å². The first-order valence-corrected chi connectivity index (χ1v) is 9.52. The molecule has 0 radical (unpaired) electrons. The molecule has 2 aromatic carbocycles. The summed E-state index contributed by atoms with van der Waals surface area (Å²) in [6, 6.07) is 9.32. The minimum Gasteiger partial charge on any atom is -0.289 e. The molecule has 0 aliphatic carbocycles. The number of hydrogen-bond acceptors (Lipinski definition) is 4. The molecular formula is C17H15BrClN3OS. The van der Waals surface area contributed by atoms with Gasteiger partial charge in [-0.2, -0.15) is 0 Å². The molecule has 0 aliphatic rings. The summed E-state index contributed by atoms with van der Waals surface area (Å²) in [4.78, 5) is 18.2. The van der Waals surface area contributed by atoms with Gasteiger partial charge in [0.15, 0.2) is 0 Å². The topological polar surface area (TPSA) is 46.9 Å². The van der Waals surface area contributed by atoms with E-state index in [9.17, 15) is 4.79 Å². The number of benzene rings is 2. The summed E-state index contributed by atoms with van der Waals surface area (Å²) in [5.41, 5.74) is 5.40. The molecular weight excluding hydrogens is 410 g/mol. The first-order chi connectivity index (χ1) is 11.5. The fraction of sp³-hybridized carbons (Fsp3) is 0.176. The Hall–Kier alpha value is -1.50. The summed E-state index contributed by atoms with van der Waals surface area (Å²) in [6.07, 6.45) is 1.51. The molecule has 0 saturated heterocycles. The highest BCUT2D eigenvalue weighted by molar-refractivity contribution is 9.10. The van der Waals surface area contributed by atoms with Crippen LogP contribution in [-0.2, 0) is 0 Å². The quantitative estimate of drug-likeness (QED) is 0.591. The molecule has 3 aromatic rings. The van der Waals surface area contributed by atoms with Crippen LogP contribution in [-0.4, -0.2) is 15.4 Å². The maximum Gasteiger partial charge on any atom is 0.280 e. The standard InChI is InChI=1S/C17H15BrClN3OS/c1-3-24-15-5-4-12(19)8-14(15)21-22-9-20-16-10(2)6-11(18)7-13(16)17(22)23/h4-9,21H,3H2,1-2H3. The van der Waals surface area contributed by atoms with Gasteiger partial charge in [0, 0.05) is 14.4 Å². The van der Waals surface area contributed by atoms with Crippen LogP contribution in [0.4, 0.5) is 5.69 Å². The van der Waals surface area contributed by atoms with E-state index in [0.29, 0.717) is 15.9 Å². The predicted octanol–water partition coefficient (Wildman–Crippen LogP) is 5.11. The van der Waals surface area contributed by atoms with Crippen molar-refractivity contribution in [2.45, 2.75) is 18.7 Å². The van der Waals surface area contributed by atoms with Gasteiger partial charge < -0.3 is 0 Å². The molecule has 3 rings (SSSR count). The Bertz CT molecular complexity index is 974. The van der Waals surface area contributed by atoms with Crippen LogP contribution >= 0.6 is 39.3 Å². The fourth-order valence-corrected chi connectivity index (χ4v) is 3.93. The highest BCUT2D eigenvalue weighted by atomic mass is 79.9. The Morgan fingerprint density at radius 3 is 2.88 bits per heavy atom. The molecule has 0 bridgehead atoms. The Balaban J connectivity index is 2.10. The maximum atomic E-state index is 12.8. The van der Waals surface area contributed by atoms with Gasteiger partial charge in [-0.3, -0.25) is 10.2 Å². The highest BCUT2D eigenvalue weighted by Crippen LogP contribution is 2.30. The Morgan fingerprint density at radius 2 is 2.12 bits per heavy atom. The number of aryl methyl sites for hydroxylation is 1. The fourth-order valence-electron chi connectivity index (χ4n) is 2.45. The van der Waals surface area contributed by atoms with Crippen molar-refractivity contribution in [2.75, 3.05) is 11.2 Å². The number of thioether (sulfide) groups is 1. The minimum atomic E-state index is -0.156. The van der Waals surface area contributed by atoms with Gasteiger partial charge in [-0.15, -0.1) is 11.8 Å². The van der Waals surface area contributed by atoms with Crippen LogP contribution in [0.5, 0.6) is 0 Å². The largest absolute Gasteiger partial charge is 0.289 e. The van der Waals surface area contributed by atoms with Crippen LogP contribution < -0.4 is 11.0 Å². The molecule has 124 valence electrons. The van der Waals surface area contributed by atoms with E-state index in [1.165, 1.54) is 11.0 Å². The lowest BCUT2D eigenvalue weighted by molar-refractivity contribution is 0.873. The van der Waals surface area contributed by atoms with E-state index >= 15 is 0 Å². The summed E-state index contributed by atoms with van der Waals surface area (Å²) in [5, 5.41) is 1.17. The van der Waals surface area contributed by atoms with Crippen molar-refractivity contribution in [3.63, 3.8) is 0 Å². The molecule has 0 saturated carbocycles. The second-order valence-electron chi connectivity index (χ2n) is 5.22. The van der Waals surface area contributed by atoms with Gasteiger partial charge in [0.25, 0.3) is 5.56 Å². The molecule has 0 aliphatic heterocycles. The molecule has 0 atom stereocenters. The van der Waals surface area contributed by atoms with E-state index < -0.39 is 0 Å². The number of fused-ring (bicyclic) bond motifs is 1. The minimum absolute atomic E-state index is 0.156. The average molecular weight is 425 g/mol. The molecule has 7 heteroatoms. The van der Waals surface area contributed by atoms with Crippen molar-refractivity contribution in [1.82, 2.24) is 9.66 Å². The molecule has 0 spiro atoms. The Kier molecular flexibility index (Phi) is 5.18. The van der Waals surface area contributed by atoms with E-state index in [2.05, 4.69) is 33.3 Å². The van der Waals surface area contributed by atoms with Crippen molar-refractivity contribution in [3.8, 4) is 0 Å². The summed E-state index contributed by atoms with van der Waals surface area (Å²) in [6.45, 7) is 4.01. The van der Waals surface area contributed by atoms with Crippen LogP contribution in [0.15, 0.2) is 50.8 Å². The summed E-state index contributed by atoms with van der Waals surface area (Å²) < 4.78 is 2.24. The third-order valence-electron chi connectivity index (χ3n) is 3.50. The number of aromatic nitrogens is 2. The zero-order valence-corrected chi connectivity index (χ0v) is 16.3. The average Bonchev–Trinajstić information content (AvgIpc) is 2.53.